The van der Waals surface area contributed by atoms with Crippen molar-refractivity contribution in [3.05, 3.63) is 0 Å². The summed E-state index contributed by atoms with van der Waals surface area (Å²) in [6.45, 7) is 5.08. The Kier molecular flexibility index (Phi) is 7.79. The van der Waals surface area contributed by atoms with Crippen LogP contribution in [0.15, 0.2) is 0 Å². The number of rotatable bonds is 3. The number of hydrogen-bond acceptors (Lipinski definition) is 3. The van der Waals surface area contributed by atoms with E-state index in [1.165, 1.54) is 32.8 Å². The van der Waals surface area contributed by atoms with E-state index in [9.17, 15) is 4.79 Å². The second-order valence-corrected chi connectivity index (χ2v) is 4.14. The van der Waals surface area contributed by atoms with Gasteiger partial charge in [0.2, 0.25) is 0 Å². The van der Waals surface area contributed by atoms with E-state index >= 15 is 0 Å². The van der Waals surface area contributed by atoms with Crippen LogP contribution in [0.25, 0.3) is 0 Å². The molecule has 1 rings (SSSR count). The summed E-state index contributed by atoms with van der Waals surface area (Å²) < 4.78 is 4.72. The van der Waals surface area contributed by atoms with Crippen LogP contribution in [-0.2, 0) is 9.53 Å². The maximum absolute atomic E-state index is 11.2. The van der Waals surface area contributed by atoms with Crippen LogP contribution < -0.4 is 0 Å². The molecular weight excluding hydrogens is 214 g/mol. The third kappa shape index (κ3) is 5.38. The van der Waals surface area contributed by atoms with E-state index in [1.54, 1.807) is 0 Å². The average molecular weight is 236 g/mol. The zero-order chi connectivity index (χ0) is 10.4. The van der Waals surface area contributed by atoms with Crippen LogP contribution in [0.4, 0.5) is 0 Å². The van der Waals surface area contributed by atoms with Gasteiger partial charge in [-0.2, -0.15) is 0 Å². The van der Waals surface area contributed by atoms with Gasteiger partial charge < -0.3 is 9.64 Å². The van der Waals surface area contributed by atoms with Crippen molar-refractivity contribution in [3.8, 4) is 0 Å². The summed E-state index contributed by atoms with van der Waals surface area (Å²) >= 11 is 0. The molecule has 0 radical (unpaired) electrons. The molecule has 90 valence electrons. The number of esters is 1. The fraction of sp³-hybridized carbons (Fsp3) is 0.909. The van der Waals surface area contributed by atoms with Crippen LogP contribution in [0.2, 0.25) is 0 Å². The molecule has 4 heteroatoms. The van der Waals surface area contributed by atoms with Crippen LogP contribution in [0.3, 0.4) is 0 Å². The number of halogens is 1. The summed E-state index contributed by atoms with van der Waals surface area (Å²) in [6, 6.07) is 0. The Hall–Kier alpha value is -0.280. The Morgan fingerprint density at radius 3 is 2.27 bits per heavy atom. The molecule has 1 saturated heterocycles. The van der Waals surface area contributed by atoms with E-state index in [0.29, 0.717) is 0 Å². The highest BCUT2D eigenvalue weighted by Crippen LogP contribution is 2.11. The van der Waals surface area contributed by atoms with Crippen LogP contribution in [0.5, 0.6) is 0 Å². The molecule has 1 fully saturated rings. The Labute approximate surface area is 98.6 Å². The number of nitrogens with zero attached hydrogens (tertiary/aromatic N) is 1. The molecule has 0 spiro atoms. The van der Waals surface area contributed by atoms with Crippen LogP contribution in [0.1, 0.15) is 32.6 Å². The zero-order valence-electron chi connectivity index (χ0n) is 9.70. The van der Waals surface area contributed by atoms with Gasteiger partial charge >= 0.3 is 5.97 Å². The highest BCUT2D eigenvalue weighted by molar-refractivity contribution is 5.85. The number of ether oxygens (including phenoxy) is 1. The first kappa shape index (κ1) is 14.7. The van der Waals surface area contributed by atoms with Crippen molar-refractivity contribution in [2.75, 3.05) is 26.7 Å². The normalized spacial score (nSPS) is 19.9. The minimum Gasteiger partial charge on any atom is -0.469 e. The van der Waals surface area contributed by atoms with E-state index in [-0.39, 0.29) is 24.3 Å². The largest absolute Gasteiger partial charge is 0.469 e. The van der Waals surface area contributed by atoms with Gasteiger partial charge in [0.15, 0.2) is 0 Å². The first-order chi connectivity index (χ1) is 6.74. The van der Waals surface area contributed by atoms with Crippen molar-refractivity contribution < 1.29 is 9.53 Å². The van der Waals surface area contributed by atoms with Crippen molar-refractivity contribution in [1.82, 2.24) is 4.90 Å². The van der Waals surface area contributed by atoms with E-state index in [0.717, 1.165) is 19.6 Å². The Morgan fingerprint density at radius 2 is 1.80 bits per heavy atom. The first-order valence-electron chi connectivity index (χ1n) is 5.54. The van der Waals surface area contributed by atoms with E-state index in [1.807, 2.05) is 6.92 Å². The SMILES string of the molecule is COC(=O)C(C)CN1CCCCCC1.Cl. The van der Waals surface area contributed by atoms with Gasteiger partial charge in [-0.3, -0.25) is 4.79 Å². The molecule has 15 heavy (non-hydrogen) atoms. The third-order valence-corrected chi connectivity index (χ3v) is 2.83. The molecule has 0 N–H and O–H groups in total. The topological polar surface area (TPSA) is 29.5 Å². The molecule has 0 aromatic carbocycles. The molecule has 0 saturated carbocycles. The van der Waals surface area contributed by atoms with Gasteiger partial charge in [0.1, 0.15) is 0 Å². The lowest BCUT2D eigenvalue weighted by molar-refractivity contribution is -0.145. The Morgan fingerprint density at radius 1 is 1.27 bits per heavy atom. The van der Waals surface area contributed by atoms with Crippen LogP contribution >= 0.6 is 12.4 Å². The second kappa shape index (κ2) is 7.94. The van der Waals surface area contributed by atoms with Crippen molar-refractivity contribution in [3.63, 3.8) is 0 Å². The smallest absolute Gasteiger partial charge is 0.309 e. The molecule has 1 aliphatic rings. The van der Waals surface area contributed by atoms with Crippen molar-refractivity contribution in [2.45, 2.75) is 32.6 Å². The highest BCUT2D eigenvalue weighted by Gasteiger charge is 2.18. The van der Waals surface area contributed by atoms with Gasteiger partial charge in [-0.15, -0.1) is 12.4 Å². The lowest BCUT2D eigenvalue weighted by atomic mass is 10.1. The van der Waals surface area contributed by atoms with E-state index in [4.69, 9.17) is 4.74 Å². The van der Waals surface area contributed by atoms with Gasteiger partial charge in [-0.05, 0) is 25.9 Å². The summed E-state index contributed by atoms with van der Waals surface area (Å²) in [6.07, 6.45) is 5.22. The quantitative estimate of drug-likeness (QED) is 0.702. The van der Waals surface area contributed by atoms with Crippen molar-refractivity contribution in [2.24, 2.45) is 5.92 Å². The summed E-state index contributed by atoms with van der Waals surface area (Å²) in [5.74, 6) is -0.0765. The predicted octanol–water partition coefficient (Wildman–Crippen LogP) is 2.09. The second-order valence-electron chi connectivity index (χ2n) is 4.14. The lowest BCUT2D eigenvalue weighted by Gasteiger charge is -2.22. The zero-order valence-corrected chi connectivity index (χ0v) is 10.5. The maximum atomic E-state index is 11.2. The van der Waals surface area contributed by atoms with Gasteiger partial charge in [0, 0.05) is 6.54 Å². The molecule has 0 amide bonds. The molecule has 0 aromatic heterocycles. The van der Waals surface area contributed by atoms with Crippen molar-refractivity contribution in [1.29, 1.82) is 0 Å². The number of hydrogen-bond donors (Lipinski definition) is 0. The average Bonchev–Trinajstić information content (AvgIpc) is 2.45. The summed E-state index contributed by atoms with van der Waals surface area (Å²) in [4.78, 5) is 13.6. The summed E-state index contributed by atoms with van der Waals surface area (Å²) in [5.41, 5.74) is 0. The molecule has 1 aliphatic heterocycles. The third-order valence-electron chi connectivity index (χ3n) is 2.83. The van der Waals surface area contributed by atoms with Gasteiger partial charge in [0.05, 0.1) is 13.0 Å². The number of methoxy groups -OCH3 is 1. The molecule has 1 atom stereocenters. The maximum Gasteiger partial charge on any atom is 0.309 e. The van der Waals surface area contributed by atoms with Crippen molar-refractivity contribution >= 4 is 18.4 Å². The molecular formula is C11H22ClNO2. The number of likely N-dealkylation sites (tertiary alicyclic amines) is 1. The monoisotopic (exact) mass is 235 g/mol. The number of carbonyl (C=O) groups excluding carboxylic acids is 1. The lowest BCUT2D eigenvalue weighted by Crippen LogP contribution is -2.33. The molecule has 1 unspecified atom stereocenters. The fourth-order valence-electron chi connectivity index (χ4n) is 1.98. The fourth-order valence-corrected chi connectivity index (χ4v) is 1.98. The minimum absolute atomic E-state index is 0. The van der Waals surface area contributed by atoms with E-state index < -0.39 is 0 Å². The standard InChI is InChI=1S/C11H21NO2.ClH/c1-10(11(13)14-2)9-12-7-5-3-4-6-8-12;/h10H,3-9H2,1-2H3;1H. The molecule has 0 aliphatic carbocycles. The van der Waals surface area contributed by atoms with Crippen LogP contribution in [-0.4, -0.2) is 37.6 Å². The van der Waals surface area contributed by atoms with Gasteiger partial charge in [-0.1, -0.05) is 19.8 Å². The van der Waals surface area contributed by atoms with E-state index in [2.05, 4.69) is 4.90 Å². The predicted molar refractivity (Wildman–Crippen MR) is 63.3 cm³/mol. The molecule has 0 bridgehead atoms. The highest BCUT2D eigenvalue weighted by atomic mass is 35.5. The van der Waals surface area contributed by atoms with Gasteiger partial charge in [-0.25, -0.2) is 0 Å². The number of carbonyl (C=O) groups is 1. The summed E-state index contributed by atoms with van der Waals surface area (Å²) in [5, 5.41) is 0. The molecule has 1 heterocycles. The van der Waals surface area contributed by atoms with Crippen LogP contribution in [0, 0.1) is 5.92 Å². The Bertz CT molecular complexity index is 179. The molecule has 0 aromatic rings. The van der Waals surface area contributed by atoms with Gasteiger partial charge in [0.25, 0.3) is 0 Å². The minimum atomic E-state index is -0.0887. The Balaban J connectivity index is 0.00000196. The summed E-state index contributed by atoms with van der Waals surface area (Å²) in [7, 11) is 1.46. The first-order valence-corrected chi connectivity index (χ1v) is 5.54. The molecule has 3 nitrogen and oxygen atoms in total.